The maximum Gasteiger partial charge on any atom is 0.346 e. The van der Waals surface area contributed by atoms with Crippen molar-refractivity contribution in [1.82, 2.24) is 0 Å². The lowest BCUT2D eigenvalue weighted by Gasteiger charge is -2.14. The first-order chi connectivity index (χ1) is 13.2. The quantitative estimate of drug-likeness (QED) is 0.703. The fourth-order valence-corrected chi connectivity index (χ4v) is 3.46. The number of methoxy groups -OCH3 is 2. The zero-order chi connectivity index (χ0) is 20.9. The van der Waals surface area contributed by atoms with Crippen LogP contribution in [0.2, 0.25) is 0 Å². The topological polar surface area (TPSA) is 108 Å². The van der Waals surface area contributed by atoms with Gasteiger partial charge in [0.2, 0.25) is 0 Å². The van der Waals surface area contributed by atoms with Gasteiger partial charge < -0.3 is 14.2 Å². The second kappa shape index (κ2) is 8.75. The molecule has 2 rings (SSSR count). The van der Waals surface area contributed by atoms with Gasteiger partial charge in [0.1, 0.15) is 5.75 Å². The van der Waals surface area contributed by atoms with Crippen LogP contribution in [0.15, 0.2) is 47.4 Å². The van der Waals surface area contributed by atoms with Crippen LogP contribution in [0.3, 0.4) is 0 Å². The van der Waals surface area contributed by atoms with Crippen molar-refractivity contribution in [2.45, 2.75) is 24.8 Å². The van der Waals surface area contributed by atoms with Gasteiger partial charge in [0.25, 0.3) is 10.0 Å². The van der Waals surface area contributed by atoms with E-state index in [1.165, 1.54) is 39.3 Å². The van der Waals surface area contributed by atoms with Gasteiger partial charge in [0, 0.05) is 0 Å². The molecule has 0 aromatic heterocycles. The molecule has 0 aliphatic carbocycles. The summed E-state index contributed by atoms with van der Waals surface area (Å²) in [6, 6.07) is 10.6. The van der Waals surface area contributed by atoms with Crippen molar-refractivity contribution in [2.24, 2.45) is 0 Å². The van der Waals surface area contributed by atoms with Crippen molar-refractivity contribution >= 4 is 27.6 Å². The van der Waals surface area contributed by atoms with Crippen molar-refractivity contribution in [1.29, 1.82) is 0 Å². The van der Waals surface area contributed by atoms with Gasteiger partial charge in [-0.3, -0.25) is 4.72 Å². The van der Waals surface area contributed by atoms with E-state index in [-0.39, 0.29) is 16.1 Å². The third-order valence-electron chi connectivity index (χ3n) is 3.91. The van der Waals surface area contributed by atoms with Crippen molar-refractivity contribution in [2.75, 3.05) is 18.9 Å². The number of carbonyl (C=O) groups is 2. The summed E-state index contributed by atoms with van der Waals surface area (Å²) in [6.07, 6.45) is -1.12. The Bertz CT molecular complexity index is 986. The maximum absolute atomic E-state index is 12.7. The number of para-hydroxylation sites is 2. The van der Waals surface area contributed by atoms with E-state index in [0.29, 0.717) is 11.3 Å². The lowest BCUT2D eigenvalue weighted by atomic mass is 10.1. The molecule has 2 aromatic rings. The average Bonchev–Trinajstić information content (AvgIpc) is 2.67. The summed E-state index contributed by atoms with van der Waals surface area (Å²) in [6.45, 7) is 2.99. The number of carbonyl (C=O) groups excluding carboxylic acids is 2. The van der Waals surface area contributed by atoms with Gasteiger partial charge in [-0.2, -0.15) is 0 Å². The number of hydrogen-bond acceptors (Lipinski definition) is 7. The van der Waals surface area contributed by atoms with Gasteiger partial charge in [-0.1, -0.05) is 18.2 Å². The molecule has 0 aliphatic rings. The third kappa shape index (κ3) is 4.80. The Labute approximate surface area is 163 Å². The maximum atomic E-state index is 12.7. The minimum absolute atomic E-state index is 0.0265. The van der Waals surface area contributed by atoms with Crippen LogP contribution in [0.1, 0.15) is 22.8 Å². The van der Waals surface area contributed by atoms with E-state index in [4.69, 9.17) is 9.47 Å². The predicted octanol–water partition coefficient (Wildman–Crippen LogP) is 2.52. The van der Waals surface area contributed by atoms with Crippen molar-refractivity contribution < 1.29 is 32.2 Å². The highest BCUT2D eigenvalue weighted by molar-refractivity contribution is 7.92. The number of aryl methyl sites for hydroxylation is 1. The molecule has 0 amide bonds. The Morgan fingerprint density at radius 1 is 1.07 bits per heavy atom. The fraction of sp³-hybridized carbons (Fsp3) is 0.263. The van der Waals surface area contributed by atoms with E-state index >= 15 is 0 Å². The standard InChI is InChI=1S/C19H21NO7S/c1-12-9-10-14(11-15(12)19(22)27-13(2)18(21)26-4)28(23,24)20-16-7-5-6-8-17(16)25-3/h5-11,13,20H,1-4H3/t13-/m1/s1. The molecule has 0 spiro atoms. The Balaban J connectivity index is 2.33. The lowest BCUT2D eigenvalue weighted by Crippen LogP contribution is -2.26. The molecule has 0 aliphatic heterocycles. The Hall–Kier alpha value is -3.07. The number of anilines is 1. The van der Waals surface area contributed by atoms with Gasteiger partial charge in [-0.25, -0.2) is 18.0 Å². The lowest BCUT2D eigenvalue weighted by molar-refractivity contribution is -0.149. The van der Waals surface area contributed by atoms with Gasteiger partial charge in [0.15, 0.2) is 6.10 Å². The summed E-state index contributed by atoms with van der Waals surface area (Å²) in [4.78, 5) is 23.7. The summed E-state index contributed by atoms with van der Waals surface area (Å²) < 4.78 is 42.6. The highest BCUT2D eigenvalue weighted by atomic mass is 32.2. The molecule has 2 aromatic carbocycles. The summed E-state index contributed by atoms with van der Waals surface area (Å²) in [7, 11) is -1.40. The van der Waals surface area contributed by atoms with Crippen LogP contribution in [0, 0.1) is 6.92 Å². The molecule has 0 radical (unpaired) electrons. The van der Waals surface area contributed by atoms with Gasteiger partial charge in [-0.15, -0.1) is 0 Å². The molecule has 150 valence electrons. The van der Waals surface area contributed by atoms with Crippen LogP contribution < -0.4 is 9.46 Å². The molecule has 0 unspecified atom stereocenters. The van der Waals surface area contributed by atoms with E-state index in [1.54, 1.807) is 31.2 Å². The highest BCUT2D eigenvalue weighted by Crippen LogP contribution is 2.27. The van der Waals surface area contributed by atoms with E-state index in [1.807, 2.05) is 0 Å². The van der Waals surface area contributed by atoms with Crippen molar-refractivity contribution in [3.63, 3.8) is 0 Å². The Morgan fingerprint density at radius 3 is 2.39 bits per heavy atom. The molecule has 9 heteroatoms. The number of rotatable bonds is 7. The zero-order valence-corrected chi connectivity index (χ0v) is 16.7. The van der Waals surface area contributed by atoms with Gasteiger partial charge >= 0.3 is 11.9 Å². The SMILES string of the molecule is COC(=O)[C@@H](C)OC(=O)c1cc(S(=O)(=O)Nc2ccccc2OC)ccc1C. The van der Waals surface area contributed by atoms with E-state index < -0.39 is 28.1 Å². The number of benzene rings is 2. The largest absolute Gasteiger partial charge is 0.495 e. The van der Waals surface area contributed by atoms with Crippen LogP contribution in [-0.2, 0) is 24.3 Å². The van der Waals surface area contributed by atoms with Crippen LogP contribution in [0.4, 0.5) is 5.69 Å². The van der Waals surface area contributed by atoms with E-state index in [9.17, 15) is 18.0 Å². The summed E-state index contributed by atoms with van der Waals surface area (Å²) in [5, 5.41) is 0. The van der Waals surface area contributed by atoms with E-state index in [0.717, 1.165) is 0 Å². The molecule has 0 saturated heterocycles. The first-order valence-electron chi connectivity index (χ1n) is 8.25. The van der Waals surface area contributed by atoms with E-state index in [2.05, 4.69) is 9.46 Å². The molecule has 1 atom stereocenters. The zero-order valence-electron chi connectivity index (χ0n) is 15.9. The normalized spacial score (nSPS) is 12.0. The molecule has 0 heterocycles. The van der Waals surface area contributed by atoms with Crippen LogP contribution in [0.5, 0.6) is 5.75 Å². The number of ether oxygens (including phenoxy) is 3. The molecule has 0 saturated carbocycles. The summed E-state index contributed by atoms with van der Waals surface area (Å²) in [5.74, 6) is -1.19. The molecular weight excluding hydrogens is 386 g/mol. The monoisotopic (exact) mass is 407 g/mol. The Morgan fingerprint density at radius 2 is 1.75 bits per heavy atom. The van der Waals surface area contributed by atoms with Crippen molar-refractivity contribution in [3.8, 4) is 5.75 Å². The Kier molecular flexibility index (Phi) is 6.63. The van der Waals surface area contributed by atoms with Gasteiger partial charge in [0.05, 0.1) is 30.4 Å². The number of sulfonamides is 1. The highest BCUT2D eigenvalue weighted by Gasteiger charge is 2.23. The minimum atomic E-state index is -4.00. The first-order valence-corrected chi connectivity index (χ1v) is 9.73. The van der Waals surface area contributed by atoms with Crippen molar-refractivity contribution in [3.05, 3.63) is 53.6 Å². The predicted molar refractivity (Wildman–Crippen MR) is 102 cm³/mol. The fourth-order valence-electron chi connectivity index (χ4n) is 2.36. The number of esters is 2. The molecule has 1 N–H and O–H groups in total. The second-order valence-corrected chi connectivity index (χ2v) is 7.54. The molecular formula is C19H21NO7S. The minimum Gasteiger partial charge on any atom is -0.495 e. The molecule has 28 heavy (non-hydrogen) atoms. The average molecular weight is 407 g/mol. The number of hydrogen-bond donors (Lipinski definition) is 1. The molecule has 8 nitrogen and oxygen atoms in total. The van der Waals surface area contributed by atoms with Crippen LogP contribution in [0.25, 0.3) is 0 Å². The smallest absolute Gasteiger partial charge is 0.346 e. The van der Waals surface area contributed by atoms with Crippen LogP contribution in [-0.4, -0.2) is 40.7 Å². The second-order valence-electron chi connectivity index (χ2n) is 5.85. The third-order valence-corrected chi connectivity index (χ3v) is 5.27. The number of nitrogens with one attached hydrogen (secondary N) is 1. The summed E-state index contributed by atoms with van der Waals surface area (Å²) >= 11 is 0. The van der Waals surface area contributed by atoms with Crippen LogP contribution >= 0.6 is 0 Å². The summed E-state index contributed by atoms with van der Waals surface area (Å²) in [5.41, 5.74) is 0.783. The first kappa shape index (κ1) is 21.2. The molecule has 0 fully saturated rings. The van der Waals surface area contributed by atoms with Gasteiger partial charge in [-0.05, 0) is 43.7 Å². The molecule has 0 bridgehead atoms.